The molecule has 13 heavy (non-hydrogen) atoms. The third-order valence-electron chi connectivity index (χ3n) is 1.45. The molecular formula is C10H10ClNO. The monoisotopic (exact) mass is 195 g/mol. The van der Waals surface area contributed by atoms with E-state index in [-0.39, 0.29) is 5.75 Å². The first-order chi connectivity index (χ1) is 6.24. The molecule has 3 heteroatoms. The molecule has 1 rings (SSSR count). The zero-order valence-corrected chi connectivity index (χ0v) is 7.80. The van der Waals surface area contributed by atoms with E-state index in [9.17, 15) is 5.11 Å². The number of rotatable bonds is 1. The molecule has 1 aromatic carbocycles. The van der Waals surface area contributed by atoms with Crippen molar-refractivity contribution in [1.82, 2.24) is 0 Å². The van der Waals surface area contributed by atoms with Gasteiger partial charge in [0.25, 0.3) is 0 Å². The third kappa shape index (κ3) is 2.98. The molecule has 0 amide bonds. The molecule has 68 valence electrons. The fraction of sp³-hybridized carbons (Fsp3) is 0.200. The fourth-order valence-electron chi connectivity index (χ4n) is 0.838. The summed E-state index contributed by atoms with van der Waals surface area (Å²) in [6.07, 6.45) is 0.617. The molecule has 3 N–H and O–H groups in total. The molecule has 0 saturated heterocycles. The number of nitrogens with two attached hydrogens (primary N) is 1. The van der Waals surface area contributed by atoms with E-state index in [4.69, 9.17) is 17.3 Å². The highest BCUT2D eigenvalue weighted by molar-refractivity contribution is 6.30. The van der Waals surface area contributed by atoms with Crippen molar-refractivity contribution in [3.8, 4) is 17.6 Å². The van der Waals surface area contributed by atoms with Crippen LogP contribution in [0.2, 0.25) is 5.02 Å². The van der Waals surface area contributed by atoms with Crippen LogP contribution < -0.4 is 5.73 Å². The molecule has 0 spiro atoms. The van der Waals surface area contributed by atoms with Crippen molar-refractivity contribution in [3.63, 3.8) is 0 Å². The second kappa shape index (κ2) is 4.76. The Morgan fingerprint density at radius 3 is 2.92 bits per heavy atom. The molecule has 0 unspecified atom stereocenters. The summed E-state index contributed by atoms with van der Waals surface area (Å²) >= 11 is 5.73. The highest BCUT2D eigenvalue weighted by Crippen LogP contribution is 2.20. The van der Waals surface area contributed by atoms with Gasteiger partial charge in [0.05, 0.1) is 5.56 Å². The van der Waals surface area contributed by atoms with Gasteiger partial charge in [-0.2, -0.15) is 0 Å². The standard InChI is InChI=1S/C10H10ClNO/c11-9-4-5-10(13)8(7-9)3-1-2-6-12/h4-5,7,13H,2,6,12H2. The molecule has 0 radical (unpaired) electrons. The van der Waals surface area contributed by atoms with Crippen LogP contribution in [0.3, 0.4) is 0 Å². The number of hydrogen-bond acceptors (Lipinski definition) is 2. The minimum absolute atomic E-state index is 0.147. The van der Waals surface area contributed by atoms with Crippen molar-refractivity contribution in [3.05, 3.63) is 28.8 Å². The Morgan fingerprint density at radius 2 is 2.23 bits per heavy atom. The number of phenolic OH excluding ortho intramolecular Hbond substituents is 1. The van der Waals surface area contributed by atoms with Gasteiger partial charge in [0, 0.05) is 18.0 Å². The van der Waals surface area contributed by atoms with Crippen molar-refractivity contribution in [2.24, 2.45) is 5.73 Å². The van der Waals surface area contributed by atoms with Gasteiger partial charge in [-0.3, -0.25) is 0 Å². The van der Waals surface area contributed by atoms with E-state index in [2.05, 4.69) is 11.8 Å². The number of aromatic hydroxyl groups is 1. The largest absolute Gasteiger partial charge is 0.507 e. The average molecular weight is 196 g/mol. The normalized spacial score (nSPS) is 9.08. The minimum atomic E-state index is 0.147. The van der Waals surface area contributed by atoms with Crippen LogP contribution in [0.4, 0.5) is 0 Å². The molecule has 0 aliphatic rings. The van der Waals surface area contributed by atoms with E-state index in [0.717, 1.165) is 0 Å². The number of benzene rings is 1. The lowest BCUT2D eigenvalue weighted by atomic mass is 10.2. The second-order valence-electron chi connectivity index (χ2n) is 2.50. The Balaban J connectivity index is 2.89. The lowest BCUT2D eigenvalue weighted by molar-refractivity contribution is 0.473. The van der Waals surface area contributed by atoms with Crippen LogP contribution in [0.15, 0.2) is 18.2 Å². The smallest absolute Gasteiger partial charge is 0.131 e. The van der Waals surface area contributed by atoms with Gasteiger partial charge in [-0.25, -0.2) is 0 Å². The van der Waals surface area contributed by atoms with Crippen LogP contribution in [0.1, 0.15) is 12.0 Å². The molecule has 2 nitrogen and oxygen atoms in total. The first-order valence-electron chi connectivity index (χ1n) is 3.91. The maximum absolute atomic E-state index is 9.34. The summed E-state index contributed by atoms with van der Waals surface area (Å²) in [6, 6.07) is 4.76. The van der Waals surface area contributed by atoms with Gasteiger partial charge in [-0.1, -0.05) is 23.4 Å². The van der Waals surface area contributed by atoms with Crippen molar-refractivity contribution in [2.45, 2.75) is 6.42 Å². The first-order valence-corrected chi connectivity index (χ1v) is 4.29. The highest BCUT2D eigenvalue weighted by Gasteiger charge is 1.97. The summed E-state index contributed by atoms with van der Waals surface area (Å²) in [5, 5.41) is 9.91. The van der Waals surface area contributed by atoms with Gasteiger partial charge < -0.3 is 10.8 Å². The summed E-state index contributed by atoms with van der Waals surface area (Å²) in [4.78, 5) is 0. The van der Waals surface area contributed by atoms with Crippen molar-refractivity contribution in [2.75, 3.05) is 6.54 Å². The molecule has 0 aliphatic carbocycles. The molecule has 1 aromatic rings. The molecular weight excluding hydrogens is 186 g/mol. The number of halogens is 1. The lowest BCUT2D eigenvalue weighted by Gasteiger charge is -1.96. The topological polar surface area (TPSA) is 46.2 Å². The maximum atomic E-state index is 9.34. The molecule has 0 aromatic heterocycles. The molecule has 0 aliphatic heterocycles. The highest BCUT2D eigenvalue weighted by atomic mass is 35.5. The molecule has 0 heterocycles. The predicted octanol–water partition coefficient (Wildman–Crippen LogP) is 1.75. The Bertz CT molecular complexity index is 352. The molecule has 0 bridgehead atoms. The summed E-state index contributed by atoms with van der Waals surface area (Å²) in [5.41, 5.74) is 5.81. The van der Waals surface area contributed by atoms with Crippen LogP contribution in [0.25, 0.3) is 0 Å². The van der Waals surface area contributed by atoms with Gasteiger partial charge in [-0.05, 0) is 18.2 Å². The summed E-state index contributed by atoms with van der Waals surface area (Å²) in [7, 11) is 0. The maximum Gasteiger partial charge on any atom is 0.131 e. The Labute approximate surface area is 82.3 Å². The zero-order chi connectivity index (χ0) is 9.68. The van der Waals surface area contributed by atoms with E-state index in [1.165, 1.54) is 6.07 Å². The number of phenols is 1. The first kappa shape index (κ1) is 9.91. The van der Waals surface area contributed by atoms with Gasteiger partial charge in [0.2, 0.25) is 0 Å². The zero-order valence-electron chi connectivity index (χ0n) is 7.05. The Morgan fingerprint density at radius 1 is 1.46 bits per heavy atom. The summed E-state index contributed by atoms with van der Waals surface area (Å²) in [5.74, 6) is 5.76. The van der Waals surface area contributed by atoms with Crippen molar-refractivity contribution in [1.29, 1.82) is 0 Å². The second-order valence-corrected chi connectivity index (χ2v) is 2.94. The van der Waals surface area contributed by atoms with Crippen molar-refractivity contribution < 1.29 is 5.11 Å². The number of hydrogen-bond donors (Lipinski definition) is 2. The summed E-state index contributed by atoms with van der Waals surface area (Å²) in [6.45, 7) is 0.522. The Kier molecular flexibility index (Phi) is 3.63. The lowest BCUT2D eigenvalue weighted by Crippen LogP contribution is -1.95. The van der Waals surface area contributed by atoms with Crippen LogP contribution >= 0.6 is 11.6 Å². The van der Waals surface area contributed by atoms with Gasteiger partial charge >= 0.3 is 0 Å². The minimum Gasteiger partial charge on any atom is -0.507 e. The fourth-order valence-corrected chi connectivity index (χ4v) is 1.01. The quantitative estimate of drug-likeness (QED) is 0.671. The van der Waals surface area contributed by atoms with E-state index in [1.54, 1.807) is 12.1 Å². The molecule has 0 saturated carbocycles. The van der Waals surface area contributed by atoms with Gasteiger partial charge in [0.15, 0.2) is 0 Å². The van der Waals surface area contributed by atoms with E-state index in [1.807, 2.05) is 0 Å². The van der Waals surface area contributed by atoms with Crippen LogP contribution in [0.5, 0.6) is 5.75 Å². The van der Waals surface area contributed by atoms with Gasteiger partial charge in [-0.15, -0.1) is 0 Å². The van der Waals surface area contributed by atoms with Gasteiger partial charge in [0.1, 0.15) is 5.75 Å². The van der Waals surface area contributed by atoms with Crippen molar-refractivity contribution >= 4 is 11.6 Å². The molecule has 0 atom stereocenters. The van der Waals surface area contributed by atoms with E-state index >= 15 is 0 Å². The molecule has 0 fully saturated rings. The van der Waals surface area contributed by atoms with E-state index in [0.29, 0.717) is 23.6 Å². The average Bonchev–Trinajstić information content (AvgIpc) is 2.11. The summed E-state index contributed by atoms with van der Waals surface area (Å²) < 4.78 is 0. The SMILES string of the molecule is NCCC#Cc1cc(Cl)ccc1O. The van der Waals surface area contributed by atoms with Crippen LogP contribution in [-0.2, 0) is 0 Å². The third-order valence-corrected chi connectivity index (χ3v) is 1.69. The van der Waals surface area contributed by atoms with Crippen LogP contribution in [0, 0.1) is 11.8 Å². The van der Waals surface area contributed by atoms with E-state index < -0.39 is 0 Å². The predicted molar refractivity (Wildman–Crippen MR) is 53.7 cm³/mol. The van der Waals surface area contributed by atoms with Crippen LogP contribution in [-0.4, -0.2) is 11.7 Å². The Hall–Kier alpha value is -1.17.